The van der Waals surface area contributed by atoms with Crippen LogP contribution in [0.1, 0.15) is 18.5 Å². The van der Waals surface area contributed by atoms with Crippen molar-refractivity contribution in [1.29, 1.82) is 0 Å². The Morgan fingerprint density at radius 2 is 1.67 bits per heavy atom. The molecule has 0 N–H and O–H groups in total. The van der Waals surface area contributed by atoms with Gasteiger partial charge in [0, 0.05) is 51.4 Å². The summed E-state index contributed by atoms with van der Waals surface area (Å²) in [5.74, 6) is 0.507. The van der Waals surface area contributed by atoms with E-state index in [0.717, 1.165) is 69.9 Å². The van der Waals surface area contributed by atoms with E-state index in [1.807, 2.05) is 4.90 Å². The van der Waals surface area contributed by atoms with Crippen LogP contribution in [-0.4, -0.2) is 71.4 Å². The first kappa shape index (κ1) is 18.1. The molecule has 0 radical (unpaired) electrons. The van der Waals surface area contributed by atoms with Gasteiger partial charge in [0.1, 0.15) is 12.1 Å². The number of oxazole rings is 1. The molecule has 0 bridgehead atoms. The second kappa shape index (κ2) is 8.19. The predicted molar refractivity (Wildman–Crippen MR) is 99.4 cm³/mol. The number of piperazine rings is 1. The Balaban J connectivity index is 1.26. The minimum atomic E-state index is -0.272. The largest absolute Gasteiger partial charge is 0.444 e. The Morgan fingerprint density at radius 1 is 1.00 bits per heavy atom. The zero-order valence-electron chi connectivity index (χ0n) is 15.4. The van der Waals surface area contributed by atoms with Crippen molar-refractivity contribution in [3.05, 3.63) is 42.0 Å². The molecule has 4 rings (SSSR count). The smallest absolute Gasteiger partial charge is 0.236 e. The number of benzene rings is 1. The lowest BCUT2D eigenvalue weighted by Crippen LogP contribution is -2.49. The number of hydrogen-bond acceptors (Lipinski definition) is 5. The van der Waals surface area contributed by atoms with Crippen LogP contribution >= 0.6 is 0 Å². The van der Waals surface area contributed by atoms with E-state index in [1.54, 1.807) is 18.4 Å². The maximum Gasteiger partial charge on any atom is 0.236 e. The van der Waals surface area contributed by atoms with Gasteiger partial charge >= 0.3 is 0 Å². The number of carbonyl (C=O) groups excluding carboxylic acids is 1. The molecular formula is C20H25FN4O2. The summed E-state index contributed by atoms with van der Waals surface area (Å²) in [7, 11) is 0. The Morgan fingerprint density at radius 3 is 2.37 bits per heavy atom. The lowest BCUT2D eigenvalue weighted by Gasteiger charge is -2.34. The van der Waals surface area contributed by atoms with Gasteiger partial charge in [0.15, 0.2) is 0 Å². The van der Waals surface area contributed by atoms with Crippen LogP contribution in [0, 0.1) is 5.82 Å². The molecule has 2 aliphatic rings. The van der Waals surface area contributed by atoms with Crippen molar-refractivity contribution >= 4 is 5.91 Å². The van der Waals surface area contributed by atoms with Gasteiger partial charge in [-0.05, 0) is 37.1 Å². The molecule has 1 aromatic carbocycles. The van der Waals surface area contributed by atoms with Crippen LogP contribution in [0.2, 0.25) is 0 Å². The van der Waals surface area contributed by atoms with Gasteiger partial charge in [-0.25, -0.2) is 9.37 Å². The molecule has 0 saturated carbocycles. The molecular weight excluding hydrogens is 347 g/mol. The molecule has 0 atom stereocenters. The Bertz CT molecular complexity index is 763. The molecule has 2 fully saturated rings. The lowest BCUT2D eigenvalue weighted by atomic mass is 10.2. The molecule has 2 aromatic rings. The number of hydrogen-bond donors (Lipinski definition) is 0. The number of amides is 1. The minimum Gasteiger partial charge on any atom is -0.444 e. The number of rotatable bonds is 5. The van der Waals surface area contributed by atoms with Crippen molar-refractivity contribution in [3.63, 3.8) is 0 Å². The topological polar surface area (TPSA) is 52.8 Å². The average Bonchev–Trinajstić information content (AvgIpc) is 3.36. The van der Waals surface area contributed by atoms with Crippen molar-refractivity contribution in [2.24, 2.45) is 0 Å². The summed E-state index contributed by atoms with van der Waals surface area (Å²) < 4.78 is 18.6. The molecule has 0 unspecified atom stereocenters. The number of halogens is 1. The molecule has 1 aromatic heterocycles. The average molecular weight is 372 g/mol. The maximum atomic E-state index is 13.0. The van der Waals surface area contributed by atoms with Crippen molar-refractivity contribution < 1.29 is 13.6 Å². The summed E-state index contributed by atoms with van der Waals surface area (Å²) in [5, 5.41) is 0. The first-order chi connectivity index (χ1) is 13.2. The SMILES string of the molecule is O=C(CN1CCN(Cc2coc(-c3ccc(F)cc3)n2)CC1)N1CCCC1. The first-order valence-electron chi connectivity index (χ1n) is 9.60. The van der Waals surface area contributed by atoms with Gasteiger partial charge < -0.3 is 9.32 Å². The lowest BCUT2D eigenvalue weighted by molar-refractivity contribution is -0.131. The van der Waals surface area contributed by atoms with Crippen LogP contribution in [0.15, 0.2) is 34.9 Å². The highest BCUT2D eigenvalue weighted by Gasteiger charge is 2.23. The Hall–Kier alpha value is -2.25. The second-order valence-electron chi connectivity index (χ2n) is 7.29. The Labute approximate surface area is 158 Å². The monoisotopic (exact) mass is 372 g/mol. The van der Waals surface area contributed by atoms with E-state index in [-0.39, 0.29) is 11.7 Å². The van der Waals surface area contributed by atoms with E-state index in [4.69, 9.17) is 4.42 Å². The highest BCUT2D eigenvalue weighted by molar-refractivity contribution is 5.78. The quantitative estimate of drug-likeness (QED) is 0.806. The van der Waals surface area contributed by atoms with Gasteiger partial charge in [0.25, 0.3) is 0 Å². The van der Waals surface area contributed by atoms with E-state index in [0.29, 0.717) is 12.4 Å². The van der Waals surface area contributed by atoms with Crippen molar-refractivity contribution in [2.75, 3.05) is 45.8 Å². The van der Waals surface area contributed by atoms with Crippen LogP contribution in [0.25, 0.3) is 11.5 Å². The van der Waals surface area contributed by atoms with E-state index < -0.39 is 0 Å². The highest BCUT2D eigenvalue weighted by atomic mass is 19.1. The fourth-order valence-electron chi connectivity index (χ4n) is 3.70. The van der Waals surface area contributed by atoms with Crippen LogP contribution < -0.4 is 0 Å². The van der Waals surface area contributed by atoms with Crippen LogP contribution in [0.3, 0.4) is 0 Å². The molecule has 27 heavy (non-hydrogen) atoms. The molecule has 3 heterocycles. The fourth-order valence-corrected chi connectivity index (χ4v) is 3.70. The standard InChI is InChI=1S/C20H25FN4O2/c21-17-5-3-16(4-6-17)20-22-18(15-27-20)13-23-9-11-24(12-10-23)14-19(26)25-7-1-2-8-25/h3-6,15H,1-2,7-14H2. The molecule has 1 amide bonds. The summed E-state index contributed by atoms with van der Waals surface area (Å²) in [6, 6.07) is 6.14. The van der Waals surface area contributed by atoms with Gasteiger partial charge in [-0.15, -0.1) is 0 Å². The first-order valence-corrected chi connectivity index (χ1v) is 9.60. The summed E-state index contributed by atoms with van der Waals surface area (Å²) in [6.07, 6.45) is 3.94. The van der Waals surface area contributed by atoms with Gasteiger partial charge in [-0.3, -0.25) is 14.6 Å². The molecule has 0 spiro atoms. The van der Waals surface area contributed by atoms with Gasteiger partial charge in [0.2, 0.25) is 11.8 Å². The van der Waals surface area contributed by atoms with E-state index in [1.165, 1.54) is 12.1 Å². The number of carbonyl (C=O) groups is 1. The van der Waals surface area contributed by atoms with Crippen LogP contribution in [0.5, 0.6) is 0 Å². The maximum absolute atomic E-state index is 13.0. The van der Waals surface area contributed by atoms with Gasteiger partial charge in [-0.1, -0.05) is 0 Å². The third kappa shape index (κ3) is 4.54. The highest BCUT2D eigenvalue weighted by Crippen LogP contribution is 2.20. The molecule has 2 aliphatic heterocycles. The summed E-state index contributed by atoms with van der Waals surface area (Å²) >= 11 is 0. The van der Waals surface area contributed by atoms with Crippen LogP contribution in [-0.2, 0) is 11.3 Å². The zero-order valence-corrected chi connectivity index (χ0v) is 15.4. The summed E-state index contributed by atoms with van der Waals surface area (Å²) in [6.45, 7) is 6.69. The van der Waals surface area contributed by atoms with E-state index in [2.05, 4.69) is 14.8 Å². The fraction of sp³-hybridized carbons (Fsp3) is 0.500. The third-order valence-corrected chi connectivity index (χ3v) is 5.31. The normalized spacial score (nSPS) is 18.9. The van der Waals surface area contributed by atoms with Crippen molar-refractivity contribution in [3.8, 4) is 11.5 Å². The molecule has 7 heteroatoms. The molecule has 6 nitrogen and oxygen atoms in total. The van der Waals surface area contributed by atoms with E-state index >= 15 is 0 Å². The number of aromatic nitrogens is 1. The summed E-state index contributed by atoms with van der Waals surface area (Å²) in [4.78, 5) is 23.3. The second-order valence-corrected chi connectivity index (χ2v) is 7.29. The predicted octanol–water partition coefficient (Wildman–Crippen LogP) is 2.22. The number of nitrogens with zero attached hydrogens (tertiary/aromatic N) is 4. The Kier molecular flexibility index (Phi) is 5.50. The van der Waals surface area contributed by atoms with Gasteiger partial charge in [-0.2, -0.15) is 0 Å². The zero-order chi connectivity index (χ0) is 18.6. The third-order valence-electron chi connectivity index (χ3n) is 5.31. The molecule has 0 aliphatic carbocycles. The summed E-state index contributed by atoms with van der Waals surface area (Å²) in [5.41, 5.74) is 1.64. The minimum absolute atomic E-state index is 0.265. The van der Waals surface area contributed by atoms with Gasteiger partial charge in [0.05, 0.1) is 12.2 Å². The van der Waals surface area contributed by atoms with Crippen molar-refractivity contribution in [1.82, 2.24) is 19.7 Å². The van der Waals surface area contributed by atoms with Crippen LogP contribution in [0.4, 0.5) is 4.39 Å². The van der Waals surface area contributed by atoms with E-state index in [9.17, 15) is 9.18 Å². The molecule has 144 valence electrons. The molecule has 2 saturated heterocycles. The van der Waals surface area contributed by atoms with Crippen molar-refractivity contribution in [2.45, 2.75) is 19.4 Å². The number of likely N-dealkylation sites (tertiary alicyclic amines) is 1.